The molecule has 0 N–H and O–H groups in total. The second-order valence-corrected chi connectivity index (χ2v) is 12.5. The molecule has 4 heteroatoms. The molecule has 0 aliphatic heterocycles. The lowest BCUT2D eigenvalue weighted by molar-refractivity contribution is -0.119. The number of carbonyl (C=O) groups is 1. The fraction of sp³-hybridized carbons (Fsp3) is 0.450. The fourth-order valence-corrected chi connectivity index (χ4v) is 6.08. The van der Waals surface area contributed by atoms with Crippen molar-refractivity contribution in [1.82, 2.24) is 0 Å². The molecule has 3 nitrogen and oxygen atoms in total. The van der Waals surface area contributed by atoms with Crippen LogP contribution in [0, 0.1) is 28.1 Å². The van der Waals surface area contributed by atoms with E-state index in [1.165, 1.54) is 0 Å². The Morgan fingerprint density at radius 2 is 1.71 bits per heavy atom. The summed E-state index contributed by atoms with van der Waals surface area (Å²) >= 11 is 0. The predicted molar refractivity (Wildman–Crippen MR) is 97.7 cm³/mol. The summed E-state index contributed by atoms with van der Waals surface area (Å²) in [7, 11) is -1.89. The van der Waals surface area contributed by atoms with Gasteiger partial charge in [0.2, 0.25) is 5.41 Å². The summed E-state index contributed by atoms with van der Waals surface area (Å²) in [5.74, 6) is -0.688. The van der Waals surface area contributed by atoms with Crippen molar-refractivity contribution in [2.75, 3.05) is 0 Å². The molecule has 0 fully saturated rings. The number of Topliss-reactive ketones (excluding diaryl/α,β-unsaturated/α-hetero) is 1. The molecule has 124 valence electrons. The number of rotatable bonds is 5. The Morgan fingerprint density at radius 1 is 1.12 bits per heavy atom. The Morgan fingerprint density at radius 3 is 2.17 bits per heavy atom. The molecule has 2 rings (SSSR count). The van der Waals surface area contributed by atoms with Crippen molar-refractivity contribution in [3.05, 3.63) is 46.7 Å². The summed E-state index contributed by atoms with van der Waals surface area (Å²) in [6.45, 7) is 8.68. The largest absolute Gasteiger partial charge is 0.291 e. The Balaban J connectivity index is 2.77. The monoisotopic (exact) mass is 336 g/mol. The van der Waals surface area contributed by atoms with Crippen LogP contribution in [0.15, 0.2) is 41.1 Å². The minimum atomic E-state index is -1.89. The standard InChI is InChI=1S/C20H24N2OSi/c1-5-6-12-16-18(24(2,3)4)17(15-10-8-7-9-11-15)20(13-21,14-22)19(16)23/h7-11,17H,5-6,12H2,1-4H3. The van der Waals surface area contributed by atoms with Crippen LogP contribution < -0.4 is 0 Å². The topological polar surface area (TPSA) is 64.7 Å². The summed E-state index contributed by atoms with van der Waals surface area (Å²) < 4.78 is 0. The third kappa shape index (κ3) is 2.83. The van der Waals surface area contributed by atoms with Gasteiger partial charge in [-0.15, -0.1) is 0 Å². The SMILES string of the molecule is CCCCC1=C([Si](C)(C)C)C(c2ccccc2)C(C#N)(C#N)C1=O. The van der Waals surface area contributed by atoms with Gasteiger partial charge in [0.15, 0.2) is 5.78 Å². The van der Waals surface area contributed by atoms with Crippen LogP contribution in [0.4, 0.5) is 0 Å². The maximum Gasteiger partial charge on any atom is 0.215 e. The van der Waals surface area contributed by atoms with Crippen molar-refractivity contribution in [2.45, 2.75) is 51.7 Å². The van der Waals surface area contributed by atoms with Crippen molar-refractivity contribution >= 4 is 13.9 Å². The second-order valence-electron chi connectivity index (χ2n) is 7.45. The molecule has 0 spiro atoms. The lowest BCUT2D eigenvalue weighted by Crippen LogP contribution is -2.34. The average Bonchev–Trinajstić information content (AvgIpc) is 2.82. The summed E-state index contributed by atoms with van der Waals surface area (Å²) in [5.41, 5.74) is 0.0471. The van der Waals surface area contributed by atoms with Gasteiger partial charge in [-0.25, -0.2) is 0 Å². The normalized spacial score (nSPS) is 19.9. The lowest BCUT2D eigenvalue weighted by atomic mass is 9.75. The molecule has 1 unspecified atom stereocenters. The first kappa shape index (κ1) is 18.2. The number of allylic oxidation sites excluding steroid dienone is 2. The molecule has 1 aromatic rings. The molecule has 1 atom stereocenters. The van der Waals surface area contributed by atoms with Gasteiger partial charge in [0.1, 0.15) is 0 Å². The van der Waals surface area contributed by atoms with E-state index in [-0.39, 0.29) is 5.78 Å². The number of benzene rings is 1. The van der Waals surface area contributed by atoms with E-state index in [9.17, 15) is 15.3 Å². The second kappa shape index (κ2) is 6.75. The molecule has 0 saturated carbocycles. The number of nitrogens with zero attached hydrogens (tertiary/aromatic N) is 2. The molecule has 0 bridgehead atoms. The van der Waals surface area contributed by atoms with E-state index in [0.717, 1.165) is 29.2 Å². The summed E-state index contributed by atoms with van der Waals surface area (Å²) in [5, 5.41) is 20.8. The third-order valence-electron chi connectivity index (χ3n) is 4.75. The van der Waals surface area contributed by atoms with Gasteiger partial charge in [-0.2, -0.15) is 10.5 Å². The van der Waals surface area contributed by atoms with Crippen molar-refractivity contribution < 1.29 is 4.79 Å². The van der Waals surface area contributed by atoms with Gasteiger partial charge < -0.3 is 0 Å². The van der Waals surface area contributed by atoms with E-state index < -0.39 is 19.4 Å². The lowest BCUT2D eigenvalue weighted by Gasteiger charge is -2.30. The molecule has 1 aliphatic rings. The molecule has 24 heavy (non-hydrogen) atoms. The van der Waals surface area contributed by atoms with Crippen LogP contribution in [-0.2, 0) is 4.79 Å². The molecule has 0 saturated heterocycles. The highest BCUT2D eigenvalue weighted by Crippen LogP contribution is 2.53. The van der Waals surface area contributed by atoms with Gasteiger partial charge in [-0.05, 0) is 24.0 Å². The number of hydrogen-bond donors (Lipinski definition) is 0. The molecule has 1 aromatic carbocycles. The zero-order valence-corrected chi connectivity index (χ0v) is 15.9. The quantitative estimate of drug-likeness (QED) is 0.729. The smallest absolute Gasteiger partial charge is 0.215 e. The van der Waals surface area contributed by atoms with Crippen molar-refractivity contribution in [3.8, 4) is 12.1 Å². The van der Waals surface area contributed by atoms with E-state index in [1.54, 1.807) is 0 Å². The van der Waals surface area contributed by atoms with Gasteiger partial charge in [0.05, 0.1) is 20.2 Å². The van der Waals surface area contributed by atoms with E-state index in [4.69, 9.17) is 0 Å². The third-order valence-corrected chi connectivity index (χ3v) is 6.96. The van der Waals surface area contributed by atoms with Crippen molar-refractivity contribution in [1.29, 1.82) is 10.5 Å². The van der Waals surface area contributed by atoms with Gasteiger partial charge in [-0.3, -0.25) is 4.79 Å². The summed E-state index contributed by atoms with van der Waals surface area (Å²) in [4.78, 5) is 13.2. The van der Waals surface area contributed by atoms with Crippen LogP contribution in [0.25, 0.3) is 0 Å². The van der Waals surface area contributed by atoms with E-state index in [2.05, 4.69) is 38.7 Å². The maximum absolute atomic E-state index is 13.2. The highest BCUT2D eigenvalue weighted by molar-refractivity contribution is 6.84. The Bertz CT molecular complexity index is 731. The highest BCUT2D eigenvalue weighted by atomic mass is 28.3. The van der Waals surface area contributed by atoms with Crippen molar-refractivity contribution in [3.63, 3.8) is 0 Å². The van der Waals surface area contributed by atoms with E-state index in [1.807, 2.05) is 30.3 Å². The van der Waals surface area contributed by atoms with E-state index in [0.29, 0.717) is 6.42 Å². The molecule has 0 heterocycles. The van der Waals surface area contributed by atoms with Gasteiger partial charge >= 0.3 is 0 Å². The zero-order valence-electron chi connectivity index (χ0n) is 14.9. The van der Waals surface area contributed by atoms with Crippen LogP contribution >= 0.6 is 0 Å². The summed E-state index contributed by atoms with van der Waals surface area (Å²) in [6, 6.07) is 13.8. The number of nitriles is 2. The number of carbonyl (C=O) groups excluding carboxylic acids is 1. The van der Waals surface area contributed by atoms with Gasteiger partial charge in [0.25, 0.3) is 0 Å². The highest BCUT2D eigenvalue weighted by Gasteiger charge is 2.58. The van der Waals surface area contributed by atoms with Crippen LogP contribution in [0.5, 0.6) is 0 Å². The molecular weight excluding hydrogens is 312 g/mol. The van der Waals surface area contributed by atoms with Gasteiger partial charge in [-0.1, -0.05) is 68.5 Å². The minimum absolute atomic E-state index is 0.257. The Labute approximate surface area is 145 Å². The predicted octanol–water partition coefficient (Wildman–Crippen LogP) is 4.75. The van der Waals surface area contributed by atoms with Crippen LogP contribution in [0.3, 0.4) is 0 Å². The zero-order chi connectivity index (χ0) is 18.0. The van der Waals surface area contributed by atoms with Crippen LogP contribution in [0.1, 0.15) is 37.7 Å². The average molecular weight is 337 g/mol. The molecule has 0 aromatic heterocycles. The number of ketones is 1. The maximum atomic E-state index is 13.2. The first-order valence-corrected chi connectivity index (χ1v) is 12.0. The van der Waals surface area contributed by atoms with Crippen molar-refractivity contribution in [2.24, 2.45) is 5.41 Å². The van der Waals surface area contributed by atoms with E-state index >= 15 is 0 Å². The van der Waals surface area contributed by atoms with Crippen LogP contribution in [-0.4, -0.2) is 13.9 Å². The Kier molecular flexibility index (Phi) is 5.11. The molecular formula is C20H24N2OSi. The molecule has 1 aliphatic carbocycles. The summed E-state index contributed by atoms with van der Waals surface area (Å²) in [6.07, 6.45) is 2.56. The molecule has 0 radical (unpaired) electrons. The van der Waals surface area contributed by atoms with Gasteiger partial charge in [0, 0.05) is 5.92 Å². The number of hydrogen-bond acceptors (Lipinski definition) is 3. The first-order valence-electron chi connectivity index (χ1n) is 8.49. The minimum Gasteiger partial charge on any atom is -0.291 e. The fourth-order valence-electron chi connectivity index (χ4n) is 3.69. The number of unbranched alkanes of at least 4 members (excludes halogenated alkanes) is 1. The van der Waals surface area contributed by atoms with Crippen LogP contribution in [0.2, 0.25) is 19.6 Å². The molecule has 0 amide bonds. The first-order chi connectivity index (χ1) is 11.3. The Hall–Kier alpha value is -2.17.